The zero-order valence-corrected chi connectivity index (χ0v) is 12.2. The average molecular weight is 279 g/mol. The normalized spacial score (nSPS) is 22.1. The predicted molar refractivity (Wildman–Crippen MR) is 76.7 cm³/mol. The maximum Gasteiger partial charge on any atom is 0.255 e. The minimum absolute atomic E-state index is 0.0611. The molecule has 1 unspecified atom stereocenters. The average Bonchev–Trinajstić information content (AvgIpc) is 3.15. The van der Waals surface area contributed by atoms with E-state index in [-0.39, 0.29) is 12.5 Å². The maximum absolute atomic E-state index is 12.7. The van der Waals surface area contributed by atoms with Crippen LogP contribution in [0.5, 0.6) is 0 Å². The Morgan fingerprint density at radius 2 is 2.26 bits per heavy atom. The van der Waals surface area contributed by atoms with E-state index < -0.39 is 0 Å². The summed E-state index contributed by atoms with van der Waals surface area (Å²) in [5, 5.41) is 11.2. The van der Waals surface area contributed by atoms with Crippen molar-refractivity contribution in [2.45, 2.75) is 45.1 Å². The third-order valence-corrected chi connectivity index (χ3v) is 5.27. The largest absolute Gasteiger partial charge is 0.395 e. The number of rotatable bonds is 4. The molecular formula is C15H21NO2S. The summed E-state index contributed by atoms with van der Waals surface area (Å²) in [5.74, 6) is 0.884. The summed E-state index contributed by atoms with van der Waals surface area (Å²) < 4.78 is 0. The molecule has 4 heteroatoms. The fourth-order valence-corrected chi connectivity index (χ4v) is 4.19. The van der Waals surface area contributed by atoms with Crippen LogP contribution in [-0.4, -0.2) is 35.1 Å². The monoisotopic (exact) mass is 279 g/mol. The second-order valence-electron chi connectivity index (χ2n) is 5.85. The first-order chi connectivity index (χ1) is 9.20. The third-order valence-electron chi connectivity index (χ3n) is 4.22. The molecule has 104 valence electrons. The van der Waals surface area contributed by atoms with Gasteiger partial charge < -0.3 is 10.0 Å². The summed E-state index contributed by atoms with van der Waals surface area (Å²) in [6.07, 6.45) is 5.53. The van der Waals surface area contributed by atoms with Crippen LogP contribution < -0.4 is 0 Å². The summed E-state index contributed by atoms with van der Waals surface area (Å²) in [7, 11) is 0. The van der Waals surface area contributed by atoms with Crippen molar-refractivity contribution in [1.29, 1.82) is 0 Å². The van der Waals surface area contributed by atoms with Gasteiger partial charge in [0.25, 0.3) is 5.91 Å². The van der Waals surface area contributed by atoms with Crippen molar-refractivity contribution in [2.24, 2.45) is 5.92 Å². The van der Waals surface area contributed by atoms with Crippen molar-refractivity contribution in [3.8, 4) is 0 Å². The first-order valence-electron chi connectivity index (χ1n) is 7.21. The van der Waals surface area contributed by atoms with E-state index in [1.165, 1.54) is 16.9 Å². The van der Waals surface area contributed by atoms with E-state index in [9.17, 15) is 4.79 Å². The zero-order valence-electron chi connectivity index (χ0n) is 11.4. The van der Waals surface area contributed by atoms with Crippen molar-refractivity contribution in [1.82, 2.24) is 4.90 Å². The van der Waals surface area contributed by atoms with Gasteiger partial charge in [-0.05, 0) is 43.6 Å². The first-order valence-corrected chi connectivity index (χ1v) is 8.09. The van der Waals surface area contributed by atoms with Gasteiger partial charge in [-0.3, -0.25) is 4.79 Å². The van der Waals surface area contributed by atoms with E-state index in [4.69, 9.17) is 5.11 Å². The van der Waals surface area contributed by atoms with E-state index in [2.05, 4.69) is 6.92 Å². The molecule has 1 saturated carbocycles. The van der Waals surface area contributed by atoms with Gasteiger partial charge in [0.1, 0.15) is 0 Å². The molecular weight excluding hydrogens is 258 g/mol. The van der Waals surface area contributed by atoms with Crippen LogP contribution in [0.3, 0.4) is 0 Å². The van der Waals surface area contributed by atoms with Crippen LogP contribution >= 0.6 is 11.3 Å². The molecule has 19 heavy (non-hydrogen) atoms. The Bertz CT molecular complexity index is 478. The van der Waals surface area contributed by atoms with Crippen molar-refractivity contribution in [3.05, 3.63) is 21.4 Å². The Morgan fingerprint density at radius 1 is 1.47 bits per heavy atom. The molecule has 1 N–H and O–H groups in total. The zero-order chi connectivity index (χ0) is 13.4. The maximum atomic E-state index is 12.7. The molecule has 0 saturated heterocycles. The van der Waals surface area contributed by atoms with Gasteiger partial charge in [0, 0.05) is 22.8 Å². The Morgan fingerprint density at radius 3 is 2.95 bits per heavy atom. The molecule has 1 amide bonds. The molecule has 1 atom stereocenters. The molecule has 1 fully saturated rings. The van der Waals surface area contributed by atoms with E-state index in [1.807, 2.05) is 10.3 Å². The van der Waals surface area contributed by atoms with Crippen molar-refractivity contribution < 1.29 is 9.90 Å². The van der Waals surface area contributed by atoms with Crippen LogP contribution in [0.25, 0.3) is 0 Å². The summed E-state index contributed by atoms with van der Waals surface area (Å²) >= 11 is 1.74. The van der Waals surface area contributed by atoms with Gasteiger partial charge in [-0.15, -0.1) is 11.3 Å². The standard InChI is InChI=1S/C15H21NO2S/c1-10-2-5-12-13(9-19-14(12)8-10)15(18)16(6-7-17)11-3-4-11/h9-11,17H,2-8H2,1H3. The predicted octanol–water partition coefficient (Wildman–Crippen LogP) is 2.47. The number of amides is 1. The SMILES string of the molecule is CC1CCc2c(C(=O)N(CCO)C3CC3)csc2C1. The Kier molecular flexibility index (Phi) is 3.63. The number of aliphatic hydroxyl groups is 1. The molecule has 1 aromatic heterocycles. The summed E-state index contributed by atoms with van der Waals surface area (Å²) in [4.78, 5) is 15.9. The Hall–Kier alpha value is -0.870. The fourth-order valence-electron chi connectivity index (χ4n) is 2.96. The van der Waals surface area contributed by atoms with E-state index in [0.717, 1.165) is 37.2 Å². The van der Waals surface area contributed by atoms with Crippen molar-refractivity contribution in [3.63, 3.8) is 0 Å². The fraction of sp³-hybridized carbons (Fsp3) is 0.667. The van der Waals surface area contributed by atoms with Gasteiger partial charge >= 0.3 is 0 Å². The number of thiophene rings is 1. The van der Waals surface area contributed by atoms with Crippen molar-refractivity contribution >= 4 is 17.2 Å². The number of nitrogens with zero attached hydrogens (tertiary/aromatic N) is 1. The number of aliphatic hydroxyl groups excluding tert-OH is 1. The lowest BCUT2D eigenvalue weighted by molar-refractivity contribution is 0.0706. The van der Waals surface area contributed by atoms with Gasteiger partial charge in [0.2, 0.25) is 0 Å². The van der Waals surface area contributed by atoms with Crippen LogP contribution in [-0.2, 0) is 12.8 Å². The molecule has 1 aromatic rings. The number of carbonyl (C=O) groups excluding carboxylic acids is 1. The molecule has 0 bridgehead atoms. The molecule has 0 radical (unpaired) electrons. The van der Waals surface area contributed by atoms with Gasteiger partial charge in [0.15, 0.2) is 0 Å². The van der Waals surface area contributed by atoms with Crippen LogP contribution in [0.1, 0.15) is 47.0 Å². The number of hydrogen-bond acceptors (Lipinski definition) is 3. The van der Waals surface area contributed by atoms with Gasteiger partial charge in [-0.1, -0.05) is 6.92 Å². The number of carbonyl (C=O) groups is 1. The van der Waals surface area contributed by atoms with Gasteiger partial charge in [-0.25, -0.2) is 0 Å². The summed E-state index contributed by atoms with van der Waals surface area (Å²) in [5.41, 5.74) is 2.20. The second-order valence-corrected chi connectivity index (χ2v) is 6.82. The molecule has 2 aliphatic carbocycles. The lowest BCUT2D eigenvalue weighted by Gasteiger charge is -2.23. The van der Waals surface area contributed by atoms with Gasteiger partial charge in [-0.2, -0.15) is 0 Å². The highest BCUT2D eigenvalue weighted by Crippen LogP contribution is 2.35. The number of hydrogen-bond donors (Lipinski definition) is 1. The van der Waals surface area contributed by atoms with Crippen LogP contribution in [0, 0.1) is 5.92 Å². The molecule has 3 nitrogen and oxygen atoms in total. The van der Waals surface area contributed by atoms with Gasteiger partial charge in [0.05, 0.1) is 12.2 Å². The topological polar surface area (TPSA) is 40.5 Å². The highest BCUT2D eigenvalue weighted by atomic mass is 32.1. The quantitative estimate of drug-likeness (QED) is 0.920. The van der Waals surface area contributed by atoms with E-state index >= 15 is 0 Å². The van der Waals surface area contributed by atoms with Crippen molar-refractivity contribution in [2.75, 3.05) is 13.2 Å². The molecule has 1 heterocycles. The highest BCUT2D eigenvalue weighted by Gasteiger charge is 2.34. The Balaban J connectivity index is 1.83. The van der Waals surface area contributed by atoms with E-state index in [0.29, 0.717) is 12.6 Å². The lowest BCUT2D eigenvalue weighted by Crippen LogP contribution is -2.36. The molecule has 0 aromatic carbocycles. The van der Waals surface area contributed by atoms with E-state index in [1.54, 1.807) is 11.3 Å². The second kappa shape index (κ2) is 5.25. The minimum Gasteiger partial charge on any atom is -0.395 e. The minimum atomic E-state index is 0.0611. The summed E-state index contributed by atoms with van der Waals surface area (Å²) in [6.45, 7) is 2.82. The third kappa shape index (κ3) is 2.56. The summed E-state index contributed by atoms with van der Waals surface area (Å²) in [6, 6.07) is 0.373. The smallest absolute Gasteiger partial charge is 0.255 e. The van der Waals surface area contributed by atoms with Crippen LogP contribution in [0.15, 0.2) is 5.38 Å². The number of fused-ring (bicyclic) bond motifs is 1. The first kappa shape index (κ1) is 13.1. The molecule has 3 rings (SSSR count). The molecule has 0 aliphatic heterocycles. The highest BCUT2D eigenvalue weighted by molar-refractivity contribution is 7.10. The molecule has 0 spiro atoms. The van der Waals surface area contributed by atoms with Crippen LogP contribution in [0.2, 0.25) is 0 Å². The van der Waals surface area contributed by atoms with Crippen LogP contribution in [0.4, 0.5) is 0 Å². The lowest BCUT2D eigenvalue weighted by atomic mass is 9.88. The molecule has 2 aliphatic rings. The Labute approximate surface area is 118 Å².